The maximum Gasteiger partial charge on any atom is 0.309 e. The zero-order chi connectivity index (χ0) is 20.3. The van der Waals surface area contributed by atoms with Crippen LogP contribution in [0, 0.1) is 17.2 Å². The van der Waals surface area contributed by atoms with E-state index in [9.17, 15) is 13.6 Å². The van der Waals surface area contributed by atoms with Crippen molar-refractivity contribution in [2.45, 2.75) is 31.7 Å². The molecule has 0 unspecified atom stereocenters. The average Bonchev–Trinajstić information content (AvgIpc) is 3.53. The van der Waals surface area contributed by atoms with Gasteiger partial charge in [0, 0.05) is 17.7 Å². The molecule has 1 atom stereocenters. The van der Waals surface area contributed by atoms with Gasteiger partial charge in [0.1, 0.15) is 11.3 Å². The van der Waals surface area contributed by atoms with Crippen LogP contribution in [0.5, 0.6) is 11.6 Å². The van der Waals surface area contributed by atoms with E-state index in [0.29, 0.717) is 18.6 Å². The second-order valence-electron chi connectivity index (χ2n) is 6.56. The number of hydrogen-bond acceptors (Lipinski definition) is 5. The maximum atomic E-state index is 14.4. The summed E-state index contributed by atoms with van der Waals surface area (Å²) in [6.45, 7) is 5.13. The minimum Gasteiger partial charge on any atom is -0.438 e. The standard InChI is InChI=1S/C20H18F2N4O2/c1-12(10-23)13(2)25-17(27)16-11-24-19(20(21,22)14-8-9-14)26-18(16)28-15-6-4-3-5-7-15/h3-7,11,13-14H,1,8-9H2,2H3,(H,25,27)/t13-/m0/s1. The molecule has 1 aliphatic carbocycles. The summed E-state index contributed by atoms with van der Waals surface area (Å²) < 4.78 is 34.5. The third-order valence-electron chi connectivity index (χ3n) is 4.36. The third kappa shape index (κ3) is 4.14. The number of hydrogen-bond donors (Lipinski definition) is 1. The van der Waals surface area contributed by atoms with Crippen molar-refractivity contribution < 1.29 is 18.3 Å². The van der Waals surface area contributed by atoms with Crippen molar-refractivity contribution in [1.29, 1.82) is 5.26 Å². The third-order valence-corrected chi connectivity index (χ3v) is 4.36. The normalized spacial score (nSPS) is 14.6. The fourth-order valence-corrected chi connectivity index (χ4v) is 2.45. The second-order valence-corrected chi connectivity index (χ2v) is 6.56. The van der Waals surface area contributed by atoms with E-state index in [4.69, 9.17) is 10.00 Å². The highest BCUT2D eigenvalue weighted by Crippen LogP contribution is 2.48. The number of nitrogens with zero attached hydrogens (tertiary/aromatic N) is 3. The first-order valence-electron chi connectivity index (χ1n) is 8.71. The first-order valence-corrected chi connectivity index (χ1v) is 8.71. The lowest BCUT2D eigenvalue weighted by Gasteiger charge is -2.17. The Morgan fingerprint density at radius 3 is 2.68 bits per heavy atom. The second kappa shape index (κ2) is 7.72. The number of aromatic nitrogens is 2. The number of amides is 1. The summed E-state index contributed by atoms with van der Waals surface area (Å²) in [6, 6.07) is 9.61. The van der Waals surface area contributed by atoms with Crippen molar-refractivity contribution in [3.63, 3.8) is 0 Å². The Bertz CT molecular complexity index is 937. The number of para-hydroxylation sites is 1. The zero-order valence-corrected chi connectivity index (χ0v) is 15.2. The Kier molecular flexibility index (Phi) is 5.36. The minimum atomic E-state index is -3.19. The Labute approximate surface area is 160 Å². The molecule has 0 saturated heterocycles. The minimum absolute atomic E-state index is 0.114. The lowest BCUT2D eigenvalue weighted by molar-refractivity contribution is -0.0379. The number of rotatable bonds is 7. The van der Waals surface area contributed by atoms with Crippen LogP contribution in [0.2, 0.25) is 0 Å². The predicted molar refractivity (Wildman–Crippen MR) is 96.8 cm³/mol. The highest BCUT2D eigenvalue weighted by atomic mass is 19.3. The topological polar surface area (TPSA) is 87.9 Å². The molecule has 8 heteroatoms. The van der Waals surface area contributed by atoms with E-state index in [2.05, 4.69) is 21.9 Å². The summed E-state index contributed by atoms with van der Waals surface area (Å²) in [5.41, 5.74) is 0.0356. The molecule has 1 N–H and O–H groups in total. The molecule has 1 amide bonds. The number of benzene rings is 1. The SMILES string of the molecule is C=C(C#N)[C@H](C)NC(=O)c1cnc(C(F)(F)C2CC2)nc1Oc1ccccc1. The van der Waals surface area contributed by atoms with Crippen LogP contribution in [0.3, 0.4) is 0 Å². The van der Waals surface area contributed by atoms with Gasteiger partial charge in [-0.25, -0.2) is 4.98 Å². The number of carbonyl (C=O) groups excluding carboxylic acids is 1. The zero-order valence-electron chi connectivity index (χ0n) is 15.2. The Morgan fingerprint density at radius 1 is 1.39 bits per heavy atom. The van der Waals surface area contributed by atoms with Crippen LogP contribution in [-0.2, 0) is 5.92 Å². The van der Waals surface area contributed by atoms with Crippen LogP contribution >= 0.6 is 0 Å². The van der Waals surface area contributed by atoms with Gasteiger partial charge in [0.25, 0.3) is 5.91 Å². The molecular weight excluding hydrogens is 366 g/mol. The van der Waals surface area contributed by atoms with E-state index in [-0.39, 0.29) is 17.0 Å². The summed E-state index contributed by atoms with van der Waals surface area (Å²) in [6.07, 6.45) is 1.83. The van der Waals surface area contributed by atoms with Gasteiger partial charge in [0.05, 0.1) is 12.1 Å². The summed E-state index contributed by atoms with van der Waals surface area (Å²) in [7, 11) is 0. The fraction of sp³-hybridized carbons (Fsp3) is 0.300. The molecule has 144 valence electrons. The molecule has 6 nitrogen and oxygen atoms in total. The van der Waals surface area contributed by atoms with Crippen molar-refractivity contribution in [3.05, 3.63) is 60.1 Å². The molecule has 1 saturated carbocycles. The highest BCUT2D eigenvalue weighted by molar-refractivity contribution is 5.96. The van der Waals surface area contributed by atoms with Crippen molar-refractivity contribution >= 4 is 5.91 Å². The van der Waals surface area contributed by atoms with Crippen molar-refractivity contribution in [3.8, 4) is 17.7 Å². The van der Waals surface area contributed by atoms with Gasteiger partial charge in [-0.05, 0) is 31.9 Å². The molecule has 3 rings (SSSR count). The van der Waals surface area contributed by atoms with Gasteiger partial charge in [-0.3, -0.25) is 4.79 Å². The summed E-state index contributed by atoms with van der Waals surface area (Å²) in [4.78, 5) is 20.2. The molecule has 1 aliphatic rings. The van der Waals surface area contributed by atoms with E-state index < -0.39 is 29.6 Å². The van der Waals surface area contributed by atoms with E-state index in [1.54, 1.807) is 37.3 Å². The number of halogens is 2. The van der Waals surface area contributed by atoms with E-state index in [1.807, 2.05) is 6.07 Å². The largest absolute Gasteiger partial charge is 0.438 e. The lowest BCUT2D eigenvalue weighted by Crippen LogP contribution is -2.34. The number of nitrogens with one attached hydrogen (secondary N) is 1. The monoisotopic (exact) mass is 384 g/mol. The van der Waals surface area contributed by atoms with Crippen LogP contribution < -0.4 is 10.1 Å². The van der Waals surface area contributed by atoms with Gasteiger partial charge in [-0.1, -0.05) is 24.8 Å². The van der Waals surface area contributed by atoms with E-state index >= 15 is 0 Å². The quantitative estimate of drug-likeness (QED) is 0.730. The van der Waals surface area contributed by atoms with E-state index in [0.717, 1.165) is 6.20 Å². The van der Waals surface area contributed by atoms with Gasteiger partial charge in [0.15, 0.2) is 0 Å². The Hall–Kier alpha value is -3.34. The number of carbonyl (C=O) groups is 1. The number of alkyl halides is 2. The van der Waals surface area contributed by atoms with E-state index in [1.165, 1.54) is 0 Å². The molecular formula is C20H18F2N4O2. The molecule has 1 heterocycles. The molecule has 1 aromatic heterocycles. The summed E-state index contributed by atoms with van der Waals surface area (Å²) in [5.74, 6) is -5.25. The molecule has 0 radical (unpaired) electrons. The fourth-order valence-electron chi connectivity index (χ4n) is 2.45. The lowest BCUT2D eigenvalue weighted by atomic mass is 10.1. The molecule has 2 aromatic rings. The molecule has 1 aromatic carbocycles. The van der Waals surface area contributed by atoms with Gasteiger partial charge < -0.3 is 10.1 Å². The van der Waals surface area contributed by atoms with Crippen LogP contribution in [0.15, 0.2) is 48.7 Å². The van der Waals surface area contributed by atoms with Crippen molar-refractivity contribution in [1.82, 2.24) is 15.3 Å². The first kappa shape index (κ1) is 19.4. The van der Waals surface area contributed by atoms with Gasteiger partial charge in [-0.15, -0.1) is 0 Å². The first-order chi connectivity index (χ1) is 13.3. The van der Waals surface area contributed by atoms with Gasteiger partial charge in [-0.2, -0.15) is 19.0 Å². The molecule has 0 spiro atoms. The van der Waals surface area contributed by atoms with Crippen molar-refractivity contribution in [2.75, 3.05) is 0 Å². The number of nitriles is 1. The molecule has 0 aliphatic heterocycles. The Balaban J connectivity index is 1.95. The van der Waals surface area contributed by atoms with Crippen LogP contribution in [0.1, 0.15) is 35.9 Å². The predicted octanol–water partition coefficient (Wildman–Crippen LogP) is 3.97. The van der Waals surface area contributed by atoms with Crippen LogP contribution in [-0.4, -0.2) is 21.9 Å². The van der Waals surface area contributed by atoms with Gasteiger partial charge in [0.2, 0.25) is 11.7 Å². The van der Waals surface area contributed by atoms with Crippen LogP contribution in [0.4, 0.5) is 8.78 Å². The average molecular weight is 384 g/mol. The van der Waals surface area contributed by atoms with Crippen LogP contribution in [0.25, 0.3) is 0 Å². The molecule has 28 heavy (non-hydrogen) atoms. The highest BCUT2D eigenvalue weighted by Gasteiger charge is 2.50. The molecule has 0 bridgehead atoms. The smallest absolute Gasteiger partial charge is 0.309 e. The maximum absolute atomic E-state index is 14.4. The number of ether oxygens (including phenoxy) is 1. The van der Waals surface area contributed by atoms with Crippen molar-refractivity contribution in [2.24, 2.45) is 5.92 Å². The molecule has 1 fully saturated rings. The summed E-state index contributed by atoms with van der Waals surface area (Å²) >= 11 is 0. The summed E-state index contributed by atoms with van der Waals surface area (Å²) in [5, 5.41) is 11.4. The van der Waals surface area contributed by atoms with Gasteiger partial charge >= 0.3 is 5.92 Å². The Morgan fingerprint density at radius 2 is 2.07 bits per heavy atom.